The van der Waals surface area contributed by atoms with E-state index in [4.69, 9.17) is 4.74 Å². The fraction of sp³-hybridized carbons (Fsp3) is 1.00. The zero-order valence-corrected chi connectivity index (χ0v) is 7.41. The van der Waals surface area contributed by atoms with Gasteiger partial charge in [0.05, 0.1) is 0 Å². The summed E-state index contributed by atoms with van der Waals surface area (Å²) < 4.78 is 5.00. The van der Waals surface area contributed by atoms with Gasteiger partial charge < -0.3 is 4.74 Å². The van der Waals surface area contributed by atoms with Crippen molar-refractivity contribution in [1.82, 2.24) is 0 Å². The quantitative estimate of drug-likeness (QED) is 0.622. The van der Waals surface area contributed by atoms with Crippen molar-refractivity contribution in [3.63, 3.8) is 0 Å². The fourth-order valence-electron chi connectivity index (χ4n) is 0.946. The topological polar surface area (TPSA) is 9.23 Å². The first-order chi connectivity index (χ1) is 4.33. The molecule has 0 heterocycles. The van der Waals surface area contributed by atoms with Gasteiger partial charge in [-0.3, -0.25) is 0 Å². The van der Waals surface area contributed by atoms with Crippen LogP contribution < -0.4 is 0 Å². The number of rotatable bonds is 4. The van der Waals surface area contributed by atoms with Crippen LogP contribution in [-0.2, 0) is 4.74 Å². The maximum Gasteiger partial charge on any atom is 0.0467 e. The zero-order valence-electron chi connectivity index (χ0n) is 5.82. The summed E-state index contributed by atoms with van der Waals surface area (Å²) in [5.74, 6) is 0. The minimum Gasteiger partial charge on any atom is -0.385 e. The van der Waals surface area contributed by atoms with Crippen LogP contribution in [0.3, 0.4) is 0 Å². The molecule has 1 nitrogen and oxygen atoms in total. The molecular weight excluding hydrogens is 180 g/mol. The lowest BCUT2D eigenvalue weighted by Gasteiger charge is -2.08. The smallest absolute Gasteiger partial charge is 0.0467 e. The van der Waals surface area contributed by atoms with Crippen molar-refractivity contribution in [1.29, 1.82) is 0 Å². The van der Waals surface area contributed by atoms with Crippen LogP contribution in [-0.4, -0.2) is 19.0 Å². The van der Waals surface area contributed by atoms with Gasteiger partial charge in [-0.05, 0) is 24.7 Å². The van der Waals surface area contributed by atoms with E-state index in [2.05, 4.69) is 15.9 Å². The molecule has 9 heavy (non-hydrogen) atoms. The summed E-state index contributed by atoms with van der Waals surface area (Å²) in [4.78, 5) is 0. The van der Waals surface area contributed by atoms with Gasteiger partial charge in [0.2, 0.25) is 0 Å². The van der Waals surface area contributed by atoms with Crippen LogP contribution >= 0.6 is 15.9 Å². The Bertz CT molecular complexity index is 88.9. The van der Waals surface area contributed by atoms with Crippen molar-refractivity contribution in [2.24, 2.45) is 5.41 Å². The molecule has 0 N–H and O–H groups in total. The lowest BCUT2D eigenvalue weighted by molar-refractivity contribution is 0.177. The standard InChI is InChI=1S/C7H13BrO/c1-9-5-4-7(6-8)2-3-7/h2-6H2,1H3. The number of hydrogen-bond acceptors (Lipinski definition) is 1. The third-order valence-corrected chi connectivity index (χ3v) is 3.27. The Morgan fingerprint density at radius 1 is 1.56 bits per heavy atom. The second kappa shape index (κ2) is 3.02. The highest BCUT2D eigenvalue weighted by Gasteiger charge is 2.40. The van der Waals surface area contributed by atoms with Crippen LogP contribution in [0.1, 0.15) is 19.3 Å². The predicted octanol–water partition coefficient (Wildman–Crippen LogP) is 2.20. The van der Waals surface area contributed by atoms with E-state index >= 15 is 0 Å². The largest absolute Gasteiger partial charge is 0.385 e. The van der Waals surface area contributed by atoms with Crippen molar-refractivity contribution in [2.75, 3.05) is 19.0 Å². The summed E-state index contributed by atoms with van der Waals surface area (Å²) in [5.41, 5.74) is 0.635. The molecule has 0 unspecified atom stereocenters. The Balaban J connectivity index is 2.10. The van der Waals surface area contributed by atoms with Crippen molar-refractivity contribution in [3.05, 3.63) is 0 Å². The molecule has 2 heteroatoms. The Hall–Kier alpha value is 0.440. The third-order valence-electron chi connectivity index (χ3n) is 2.08. The molecular formula is C7H13BrO. The molecule has 1 saturated carbocycles. The number of hydrogen-bond donors (Lipinski definition) is 0. The van der Waals surface area contributed by atoms with E-state index in [-0.39, 0.29) is 0 Å². The Morgan fingerprint density at radius 2 is 2.22 bits per heavy atom. The third kappa shape index (κ3) is 1.94. The van der Waals surface area contributed by atoms with Crippen molar-refractivity contribution >= 4 is 15.9 Å². The lowest BCUT2D eigenvalue weighted by Crippen LogP contribution is -2.05. The van der Waals surface area contributed by atoms with Gasteiger partial charge in [-0.1, -0.05) is 15.9 Å². The molecule has 1 aliphatic carbocycles. The van der Waals surface area contributed by atoms with Crippen LogP contribution in [0.2, 0.25) is 0 Å². The van der Waals surface area contributed by atoms with Gasteiger partial charge in [-0.2, -0.15) is 0 Å². The average molecular weight is 193 g/mol. The summed E-state index contributed by atoms with van der Waals surface area (Å²) in [6.45, 7) is 0.922. The molecule has 0 radical (unpaired) electrons. The highest BCUT2D eigenvalue weighted by atomic mass is 79.9. The summed E-state index contributed by atoms with van der Waals surface area (Å²) in [6, 6.07) is 0. The van der Waals surface area contributed by atoms with Gasteiger partial charge in [-0.25, -0.2) is 0 Å². The summed E-state index contributed by atoms with van der Waals surface area (Å²) in [5, 5.41) is 1.16. The van der Waals surface area contributed by atoms with Crippen LogP contribution in [0, 0.1) is 5.41 Å². The van der Waals surface area contributed by atoms with Gasteiger partial charge in [-0.15, -0.1) is 0 Å². The molecule has 0 aliphatic heterocycles. The molecule has 0 atom stereocenters. The minimum atomic E-state index is 0.635. The molecule has 0 bridgehead atoms. The van der Waals surface area contributed by atoms with Crippen LogP contribution in [0.25, 0.3) is 0 Å². The molecule has 54 valence electrons. The Kier molecular flexibility index (Phi) is 2.53. The van der Waals surface area contributed by atoms with Gasteiger partial charge in [0.1, 0.15) is 0 Å². The molecule has 0 amide bonds. The van der Waals surface area contributed by atoms with E-state index in [1.165, 1.54) is 19.3 Å². The van der Waals surface area contributed by atoms with Crippen molar-refractivity contribution in [2.45, 2.75) is 19.3 Å². The first-order valence-electron chi connectivity index (χ1n) is 3.38. The molecule has 0 aromatic carbocycles. The van der Waals surface area contributed by atoms with Crippen LogP contribution in [0.5, 0.6) is 0 Å². The van der Waals surface area contributed by atoms with Gasteiger partial charge in [0.15, 0.2) is 0 Å². The average Bonchev–Trinajstić information content (AvgIpc) is 2.65. The molecule has 0 aromatic heterocycles. The molecule has 1 aliphatic rings. The Morgan fingerprint density at radius 3 is 2.56 bits per heavy atom. The second-order valence-electron chi connectivity index (χ2n) is 2.88. The summed E-state index contributed by atoms with van der Waals surface area (Å²) >= 11 is 3.51. The second-order valence-corrected chi connectivity index (χ2v) is 3.44. The predicted molar refractivity (Wildman–Crippen MR) is 42.0 cm³/mol. The van der Waals surface area contributed by atoms with Crippen molar-refractivity contribution < 1.29 is 4.74 Å². The van der Waals surface area contributed by atoms with E-state index in [1.54, 1.807) is 7.11 Å². The number of methoxy groups -OCH3 is 1. The van der Waals surface area contributed by atoms with Crippen LogP contribution in [0.4, 0.5) is 0 Å². The van der Waals surface area contributed by atoms with E-state index < -0.39 is 0 Å². The van der Waals surface area contributed by atoms with E-state index in [0.717, 1.165) is 11.9 Å². The number of halogens is 1. The fourth-order valence-corrected chi connectivity index (χ4v) is 1.79. The summed E-state index contributed by atoms with van der Waals surface area (Å²) in [6.07, 6.45) is 4.01. The van der Waals surface area contributed by atoms with Gasteiger partial charge in [0, 0.05) is 19.0 Å². The van der Waals surface area contributed by atoms with Crippen LogP contribution in [0.15, 0.2) is 0 Å². The Labute approximate surface area is 64.9 Å². The first-order valence-corrected chi connectivity index (χ1v) is 4.50. The zero-order chi connectivity index (χ0) is 6.74. The SMILES string of the molecule is COCCC1(CBr)CC1. The van der Waals surface area contributed by atoms with Gasteiger partial charge in [0.25, 0.3) is 0 Å². The minimum absolute atomic E-state index is 0.635. The highest BCUT2D eigenvalue weighted by Crippen LogP contribution is 2.49. The van der Waals surface area contributed by atoms with E-state index in [9.17, 15) is 0 Å². The molecule has 1 fully saturated rings. The van der Waals surface area contributed by atoms with Crippen molar-refractivity contribution in [3.8, 4) is 0 Å². The van der Waals surface area contributed by atoms with Gasteiger partial charge >= 0.3 is 0 Å². The molecule has 0 spiro atoms. The maximum absolute atomic E-state index is 5.00. The van der Waals surface area contributed by atoms with E-state index in [1.807, 2.05) is 0 Å². The summed E-state index contributed by atoms with van der Waals surface area (Å²) in [7, 11) is 1.77. The number of ether oxygens (including phenoxy) is 1. The first kappa shape index (κ1) is 7.55. The van der Waals surface area contributed by atoms with E-state index in [0.29, 0.717) is 5.41 Å². The maximum atomic E-state index is 5.00. The highest BCUT2D eigenvalue weighted by molar-refractivity contribution is 9.09. The normalized spacial score (nSPS) is 22.0. The monoisotopic (exact) mass is 192 g/mol. The number of alkyl halides is 1. The lowest BCUT2D eigenvalue weighted by atomic mass is 10.1. The molecule has 1 rings (SSSR count). The molecule has 0 saturated heterocycles. The molecule has 0 aromatic rings.